The molecule has 0 aliphatic carbocycles. The van der Waals surface area contributed by atoms with Crippen molar-refractivity contribution in [1.82, 2.24) is 10.2 Å². The van der Waals surface area contributed by atoms with Gasteiger partial charge in [-0.15, -0.1) is 0 Å². The maximum absolute atomic E-state index is 11.6. The van der Waals surface area contributed by atoms with Crippen LogP contribution in [0.2, 0.25) is 0 Å². The fourth-order valence-corrected chi connectivity index (χ4v) is 1.70. The number of carbonyl (C=O) groups excluding carboxylic acids is 2. The van der Waals surface area contributed by atoms with Crippen molar-refractivity contribution in [3.63, 3.8) is 0 Å². The van der Waals surface area contributed by atoms with Gasteiger partial charge in [0.1, 0.15) is 0 Å². The van der Waals surface area contributed by atoms with Crippen molar-refractivity contribution < 1.29 is 9.59 Å². The van der Waals surface area contributed by atoms with E-state index >= 15 is 0 Å². The number of likely N-dealkylation sites (tertiary alicyclic amines) is 1. The van der Waals surface area contributed by atoms with E-state index in [2.05, 4.69) is 5.32 Å². The zero-order chi connectivity index (χ0) is 12.0. The summed E-state index contributed by atoms with van der Waals surface area (Å²) in [7, 11) is 0. The van der Waals surface area contributed by atoms with E-state index in [4.69, 9.17) is 5.73 Å². The Morgan fingerprint density at radius 1 is 1.38 bits per heavy atom. The first-order valence-corrected chi connectivity index (χ1v) is 5.90. The lowest BCUT2D eigenvalue weighted by molar-refractivity contribution is -0.130. The maximum atomic E-state index is 11.6. The smallest absolute Gasteiger partial charge is 0.224 e. The zero-order valence-corrected chi connectivity index (χ0v) is 9.87. The largest absolute Gasteiger partial charge is 0.355 e. The average molecular weight is 227 g/mol. The van der Waals surface area contributed by atoms with Crippen molar-refractivity contribution in [2.75, 3.05) is 26.2 Å². The summed E-state index contributed by atoms with van der Waals surface area (Å²) in [5.41, 5.74) is 5.37. The van der Waals surface area contributed by atoms with E-state index in [-0.39, 0.29) is 17.7 Å². The van der Waals surface area contributed by atoms with Gasteiger partial charge in [0.15, 0.2) is 0 Å². The Morgan fingerprint density at radius 3 is 2.56 bits per heavy atom. The number of amides is 2. The molecule has 0 bridgehead atoms. The summed E-state index contributed by atoms with van der Waals surface area (Å²) in [5.74, 6) is -0.114. The van der Waals surface area contributed by atoms with Crippen LogP contribution in [0.4, 0.5) is 0 Å². The highest BCUT2D eigenvalue weighted by Crippen LogP contribution is 2.08. The molecule has 0 saturated carbocycles. The van der Waals surface area contributed by atoms with E-state index in [9.17, 15) is 9.59 Å². The minimum atomic E-state index is -0.179. The van der Waals surface area contributed by atoms with Crippen molar-refractivity contribution in [3.8, 4) is 0 Å². The van der Waals surface area contributed by atoms with Gasteiger partial charge in [-0.25, -0.2) is 0 Å². The van der Waals surface area contributed by atoms with Crippen LogP contribution in [0.1, 0.15) is 26.2 Å². The van der Waals surface area contributed by atoms with E-state index in [1.54, 1.807) is 6.92 Å². The molecular formula is C11H21N3O2. The lowest BCUT2D eigenvalue weighted by atomic mass is 10.1. The van der Waals surface area contributed by atoms with E-state index in [0.717, 1.165) is 25.9 Å². The molecule has 1 fully saturated rings. The third-order valence-electron chi connectivity index (χ3n) is 2.90. The normalized spacial score (nSPS) is 17.2. The Hall–Kier alpha value is -1.10. The standard InChI is InChI=1S/C11H21N3O2/c1-9(8-12)11(16)13-5-4-10(15)14-6-2-3-7-14/h9H,2-8,12H2,1H3,(H,13,16). The second-order valence-corrected chi connectivity index (χ2v) is 4.27. The molecule has 0 radical (unpaired) electrons. The molecule has 0 spiro atoms. The maximum Gasteiger partial charge on any atom is 0.224 e. The quantitative estimate of drug-likeness (QED) is 0.677. The molecular weight excluding hydrogens is 206 g/mol. The Kier molecular flexibility index (Phi) is 5.25. The zero-order valence-electron chi connectivity index (χ0n) is 9.87. The fraction of sp³-hybridized carbons (Fsp3) is 0.818. The second kappa shape index (κ2) is 6.48. The summed E-state index contributed by atoms with van der Waals surface area (Å²) in [6, 6.07) is 0. The van der Waals surface area contributed by atoms with E-state index in [1.807, 2.05) is 4.90 Å². The van der Waals surface area contributed by atoms with Gasteiger partial charge in [-0.3, -0.25) is 9.59 Å². The molecule has 1 unspecified atom stereocenters. The van der Waals surface area contributed by atoms with Crippen LogP contribution < -0.4 is 11.1 Å². The molecule has 1 rings (SSSR count). The third-order valence-corrected chi connectivity index (χ3v) is 2.90. The van der Waals surface area contributed by atoms with Gasteiger partial charge < -0.3 is 16.0 Å². The molecule has 1 saturated heterocycles. The number of rotatable bonds is 5. The minimum Gasteiger partial charge on any atom is -0.355 e. The molecule has 0 aromatic rings. The molecule has 16 heavy (non-hydrogen) atoms. The van der Waals surface area contributed by atoms with E-state index in [1.165, 1.54) is 0 Å². The van der Waals surface area contributed by atoms with Crippen molar-refractivity contribution in [3.05, 3.63) is 0 Å². The summed E-state index contributed by atoms with van der Waals surface area (Å²) in [5, 5.41) is 2.72. The number of nitrogens with zero attached hydrogens (tertiary/aromatic N) is 1. The Labute approximate surface area is 96.4 Å². The van der Waals surface area contributed by atoms with Gasteiger partial charge in [-0.1, -0.05) is 6.92 Å². The summed E-state index contributed by atoms with van der Waals surface area (Å²) in [6.45, 7) is 4.26. The number of carbonyl (C=O) groups is 2. The van der Waals surface area contributed by atoms with Gasteiger partial charge in [0, 0.05) is 38.5 Å². The lowest BCUT2D eigenvalue weighted by Gasteiger charge is -2.15. The molecule has 5 nitrogen and oxygen atoms in total. The molecule has 1 heterocycles. The van der Waals surface area contributed by atoms with Crippen LogP contribution in [0.5, 0.6) is 0 Å². The number of nitrogens with two attached hydrogens (primary N) is 1. The summed E-state index contributed by atoms with van der Waals surface area (Å²) < 4.78 is 0. The minimum absolute atomic E-state index is 0.0725. The topological polar surface area (TPSA) is 75.4 Å². The first-order chi connectivity index (χ1) is 7.65. The SMILES string of the molecule is CC(CN)C(=O)NCCC(=O)N1CCCC1. The Morgan fingerprint density at radius 2 is 2.00 bits per heavy atom. The molecule has 92 valence electrons. The molecule has 1 aliphatic rings. The molecule has 3 N–H and O–H groups in total. The van der Waals surface area contributed by atoms with Crippen molar-refractivity contribution in [2.45, 2.75) is 26.2 Å². The monoisotopic (exact) mass is 227 g/mol. The molecule has 5 heteroatoms. The van der Waals surface area contributed by atoms with Crippen LogP contribution in [0, 0.1) is 5.92 Å². The molecule has 2 amide bonds. The first-order valence-electron chi connectivity index (χ1n) is 5.90. The van der Waals surface area contributed by atoms with Crippen LogP contribution >= 0.6 is 0 Å². The molecule has 0 aromatic heterocycles. The predicted octanol–water partition coefficient (Wildman–Crippen LogP) is -0.290. The van der Waals surface area contributed by atoms with Crippen LogP contribution in [0.25, 0.3) is 0 Å². The van der Waals surface area contributed by atoms with Gasteiger partial charge >= 0.3 is 0 Å². The highest BCUT2D eigenvalue weighted by Gasteiger charge is 2.17. The van der Waals surface area contributed by atoms with Gasteiger partial charge in [0.2, 0.25) is 11.8 Å². The average Bonchev–Trinajstić information content (AvgIpc) is 2.81. The van der Waals surface area contributed by atoms with Crippen LogP contribution in [-0.2, 0) is 9.59 Å². The lowest BCUT2D eigenvalue weighted by Crippen LogP contribution is -2.36. The number of hydrogen-bond donors (Lipinski definition) is 2. The highest BCUT2D eigenvalue weighted by molar-refractivity contribution is 5.80. The second-order valence-electron chi connectivity index (χ2n) is 4.27. The van der Waals surface area contributed by atoms with Crippen LogP contribution in [0.3, 0.4) is 0 Å². The van der Waals surface area contributed by atoms with Gasteiger partial charge in [0.05, 0.1) is 0 Å². The van der Waals surface area contributed by atoms with Gasteiger partial charge in [-0.05, 0) is 12.8 Å². The van der Waals surface area contributed by atoms with Crippen molar-refractivity contribution >= 4 is 11.8 Å². The van der Waals surface area contributed by atoms with Gasteiger partial charge in [-0.2, -0.15) is 0 Å². The highest BCUT2D eigenvalue weighted by atomic mass is 16.2. The van der Waals surface area contributed by atoms with Crippen LogP contribution in [0.15, 0.2) is 0 Å². The van der Waals surface area contributed by atoms with Crippen molar-refractivity contribution in [2.24, 2.45) is 11.7 Å². The molecule has 1 atom stereocenters. The summed E-state index contributed by atoms with van der Waals surface area (Å²) >= 11 is 0. The third kappa shape index (κ3) is 3.81. The summed E-state index contributed by atoms with van der Waals surface area (Å²) in [4.78, 5) is 24.8. The van der Waals surface area contributed by atoms with Crippen molar-refractivity contribution in [1.29, 1.82) is 0 Å². The van der Waals surface area contributed by atoms with Crippen LogP contribution in [-0.4, -0.2) is 42.9 Å². The predicted molar refractivity (Wildman–Crippen MR) is 61.7 cm³/mol. The summed E-state index contributed by atoms with van der Waals surface area (Å²) in [6.07, 6.45) is 2.59. The molecule has 1 aliphatic heterocycles. The van der Waals surface area contributed by atoms with E-state index in [0.29, 0.717) is 19.5 Å². The number of hydrogen-bond acceptors (Lipinski definition) is 3. The van der Waals surface area contributed by atoms with E-state index < -0.39 is 0 Å². The van der Waals surface area contributed by atoms with Gasteiger partial charge in [0.25, 0.3) is 0 Å². The Balaban J connectivity index is 2.14. The fourth-order valence-electron chi connectivity index (χ4n) is 1.70. The number of nitrogens with one attached hydrogen (secondary N) is 1. The first kappa shape index (κ1) is 13.0. The Bertz CT molecular complexity index is 250. The molecule has 0 aromatic carbocycles.